The number of nitrogens with one attached hydrogen (secondary N) is 1. The Labute approximate surface area is 159 Å². The van der Waals surface area contributed by atoms with E-state index in [2.05, 4.69) is 5.32 Å². The average molecular weight is 380 g/mol. The molecule has 8 heteroatoms. The number of hydrogen-bond acceptors (Lipinski definition) is 7. The summed E-state index contributed by atoms with van der Waals surface area (Å²) in [6.07, 6.45) is 1.88. The zero-order valence-corrected chi connectivity index (χ0v) is 16.2. The number of methoxy groups -OCH3 is 3. The van der Waals surface area contributed by atoms with Crippen molar-refractivity contribution < 1.29 is 28.5 Å². The minimum Gasteiger partial charge on any atom is -0.493 e. The Balaban J connectivity index is 1.50. The third-order valence-corrected chi connectivity index (χ3v) is 5.02. The van der Waals surface area contributed by atoms with E-state index in [1.165, 1.54) is 0 Å². The van der Waals surface area contributed by atoms with Gasteiger partial charge in [-0.05, 0) is 0 Å². The third kappa shape index (κ3) is 4.39. The van der Waals surface area contributed by atoms with Gasteiger partial charge < -0.3 is 33.9 Å². The van der Waals surface area contributed by atoms with Gasteiger partial charge in [0.25, 0.3) is 0 Å². The number of amides is 1. The lowest BCUT2D eigenvalue weighted by Gasteiger charge is -2.37. The SMILES string of the molecule is COc1cc(NCCC(=O)N2CCC3(CC2)OCCO3)cc(OC)c1OC. The molecule has 1 aromatic rings. The normalized spacial score (nSPS) is 18.4. The van der Waals surface area contributed by atoms with E-state index in [0.29, 0.717) is 56.5 Å². The first-order chi connectivity index (χ1) is 13.1. The molecule has 0 atom stereocenters. The monoisotopic (exact) mass is 380 g/mol. The summed E-state index contributed by atoms with van der Waals surface area (Å²) in [4.78, 5) is 14.4. The lowest BCUT2D eigenvalue weighted by atomic mass is 10.0. The predicted molar refractivity (Wildman–Crippen MR) is 99.7 cm³/mol. The van der Waals surface area contributed by atoms with Crippen molar-refractivity contribution in [2.45, 2.75) is 25.0 Å². The van der Waals surface area contributed by atoms with E-state index in [-0.39, 0.29) is 5.91 Å². The molecule has 2 saturated heterocycles. The van der Waals surface area contributed by atoms with Crippen LogP contribution in [0.4, 0.5) is 5.69 Å². The van der Waals surface area contributed by atoms with E-state index in [9.17, 15) is 4.79 Å². The first kappa shape index (κ1) is 19.6. The molecule has 0 bridgehead atoms. The van der Waals surface area contributed by atoms with Crippen molar-refractivity contribution in [1.29, 1.82) is 0 Å². The first-order valence-electron chi connectivity index (χ1n) is 9.20. The molecule has 2 fully saturated rings. The molecule has 0 saturated carbocycles. The van der Waals surface area contributed by atoms with E-state index in [1.807, 2.05) is 17.0 Å². The fraction of sp³-hybridized carbons (Fsp3) is 0.632. The molecule has 150 valence electrons. The second kappa shape index (κ2) is 8.67. The van der Waals surface area contributed by atoms with Crippen LogP contribution in [0.3, 0.4) is 0 Å². The number of nitrogens with zero attached hydrogens (tertiary/aromatic N) is 1. The highest BCUT2D eigenvalue weighted by atomic mass is 16.7. The number of benzene rings is 1. The maximum absolute atomic E-state index is 12.5. The van der Waals surface area contributed by atoms with Gasteiger partial charge in [-0.25, -0.2) is 0 Å². The largest absolute Gasteiger partial charge is 0.493 e. The van der Waals surface area contributed by atoms with Crippen LogP contribution in [0.1, 0.15) is 19.3 Å². The molecule has 2 aliphatic heterocycles. The topological polar surface area (TPSA) is 78.5 Å². The van der Waals surface area contributed by atoms with E-state index in [1.54, 1.807) is 21.3 Å². The Morgan fingerprint density at radius 3 is 2.19 bits per heavy atom. The zero-order chi connectivity index (χ0) is 19.3. The van der Waals surface area contributed by atoms with Gasteiger partial charge in [0.2, 0.25) is 11.7 Å². The summed E-state index contributed by atoms with van der Waals surface area (Å²) in [5.41, 5.74) is 0.808. The fourth-order valence-corrected chi connectivity index (χ4v) is 3.54. The van der Waals surface area contributed by atoms with Crippen molar-refractivity contribution >= 4 is 11.6 Å². The molecule has 27 heavy (non-hydrogen) atoms. The smallest absolute Gasteiger partial charge is 0.224 e. The van der Waals surface area contributed by atoms with Gasteiger partial charge in [-0.2, -0.15) is 0 Å². The molecule has 2 heterocycles. The first-order valence-corrected chi connectivity index (χ1v) is 9.20. The maximum atomic E-state index is 12.5. The summed E-state index contributed by atoms with van der Waals surface area (Å²) in [6.45, 7) is 3.15. The van der Waals surface area contributed by atoms with Crippen LogP contribution in [0.25, 0.3) is 0 Å². The van der Waals surface area contributed by atoms with Gasteiger partial charge in [-0.1, -0.05) is 0 Å². The Hall–Kier alpha value is -2.19. The fourth-order valence-electron chi connectivity index (χ4n) is 3.54. The molecule has 1 aromatic carbocycles. The van der Waals surface area contributed by atoms with Crippen LogP contribution >= 0.6 is 0 Å². The molecular weight excluding hydrogens is 352 g/mol. The Kier molecular flexibility index (Phi) is 6.28. The van der Waals surface area contributed by atoms with Crippen LogP contribution in [0.15, 0.2) is 12.1 Å². The number of rotatable bonds is 7. The molecule has 0 aromatic heterocycles. The molecule has 1 amide bonds. The summed E-state index contributed by atoms with van der Waals surface area (Å²) in [6, 6.07) is 3.65. The van der Waals surface area contributed by atoms with Crippen molar-refractivity contribution in [3.05, 3.63) is 12.1 Å². The van der Waals surface area contributed by atoms with Crippen molar-refractivity contribution in [1.82, 2.24) is 4.90 Å². The minimum absolute atomic E-state index is 0.128. The summed E-state index contributed by atoms with van der Waals surface area (Å²) in [5.74, 6) is 1.36. The number of carbonyl (C=O) groups excluding carboxylic acids is 1. The lowest BCUT2D eigenvalue weighted by Crippen LogP contribution is -2.47. The van der Waals surface area contributed by atoms with Crippen LogP contribution in [-0.2, 0) is 14.3 Å². The Morgan fingerprint density at radius 1 is 1.07 bits per heavy atom. The van der Waals surface area contributed by atoms with Crippen molar-refractivity contribution in [3.63, 3.8) is 0 Å². The Morgan fingerprint density at radius 2 is 1.67 bits per heavy atom. The molecule has 8 nitrogen and oxygen atoms in total. The van der Waals surface area contributed by atoms with Gasteiger partial charge in [-0.3, -0.25) is 4.79 Å². The molecule has 0 radical (unpaired) electrons. The number of likely N-dealkylation sites (tertiary alicyclic amines) is 1. The van der Waals surface area contributed by atoms with Crippen LogP contribution in [0.2, 0.25) is 0 Å². The third-order valence-electron chi connectivity index (χ3n) is 5.02. The van der Waals surface area contributed by atoms with Gasteiger partial charge >= 0.3 is 0 Å². The van der Waals surface area contributed by atoms with Gasteiger partial charge in [0.1, 0.15) is 0 Å². The number of anilines is 1. The number of ether oxygens (including phenoxy) is 5. The molecular formula is C19H28N2O6. The molecule has 2 aliphatic rings. The second-order valence-corrected chi connectivity index (χ2v) is 6.58. The average Bonchev–Trinajstić information content (AvgIpc) is 3.15. The van der Waals surface area contributed by atoms with Crippen molar-refractivity contribution in [2.24, 2.45) is 0 Å². The highest BCUT2D eigenvalue weighted by Gasteiger charge is 2.40. The zero-order valence-electron chi connectivity index (χ0n) is 16.2. The molecule has 0 unspecified atom stereocenters. The maximum Gasteiger partial charge on any atom is 0.224 e. The highest BCUT2D eigenvalue weighted by molar-refractivity contribution is 5.77. The van der Waals surface area contributed by atoms with Crippen LogP contribution in [0, 0.1) is 0 Å². The molecule has 1 spiro atoms. The number of piperidine rings is 1. The van der Waals surface area contributed by atoms with Gasteiger partial charge in [0.05, 0.1) is 34.5 Å². The Bertz CT molecular complexity index is 625. The second-order valence-electron chi connectivity index (χ2n) is 6.58. The summed E-state index contributed by atoms with van der Waals surface area (Å²) >= 11 is 0. The lowest BCUT2D eigenvalue weighted by molar-refractivity contribution is -0.187. The summed E-state index contributed by atoms with van der Waals surface area (Å²) in [5, 5.41) is 3.25. The van der Waals surface area contributed by atoms with E-state index < -0.39 is 5.79 Å². The quantitative estimate of drug-likeness (QED) is 0.774. The number of hydrogen-bond donors (Lipinski definition) is 1. The van der Waals surface area contributed by atoms with Gasteiger partial charge in [0.15, 0.2) is 17.3 Å². The summed E-state index contributed by atoms with van der Waals surface area (Å²) in [7, 11) is 4.72. The molecule has 1 N–H and O–H groups in total. The van der Waals surface area contributed by atoms with Crippen LogP contribution in [-0.4, -0.2) is 70.8 Å². The van der Waals surface area contributed by atoms with E-state index in [4.69, 9.17) is 23.7 Å². The van der Waals surface area contributed by atoms with Crippen molar-refractivity contribution in [3.8, 4) is 17.2 Å². The molecule has 0 aliphatic carbocycles. The predicted octanol–water partition coefficient (Wildman–Crippen LogP) is 1.88. The standard InChI is InChI=1S/C19H28N2O6/c1-23-15-12-14(13-16(24-2)18(15)25-3)20-7-4-17(22)21-8-5-19(6-9-21)26-10-11-27-19/h12-13,20H,4-11H2,1-3H3. The van der Waals surface area contributed by atoms with Crippen molar-refractivity contribution in [2.75, 3.05) is 59.5 Å². The van der Waals surface area contributed by atoms with E-state index in [0.717, 1.165) is 18.5 Å². The van der Waals surface area contributed by atoms with E-state index >= 15 is 0 Å². The van der Waals surface area contributed by atoms with Crippen LogP contribution < -0.4 is 19.5 Å². The summed E-state index contributed by atoms with van der Waals surface area (Å²) < 4.78 is 27.4. The van der Waals surface area contributed by atoms with Crippen LogP contribution in [0.5, 0.6) is 17.2 Å². The number of carbonyl (C=O) groups is 1. The van der Waals surface area contributed by atoms with Gasteiger partial charge in [-0.15, -0.1) is 0 Å². The minimum atomic E-state index is -0.453. The molecule has 3 rings (SSSR count). The highest BCUT2D eigenvalue weighted by Crippen LogP contribution is 2.40. The van der Waals surface area contributed by atoms with Gasteiger partial charge in [0, 0.05) is 56.7 Å².